The maximum Gasteiger partial charge on any atom is 0.321 e. The maximum atomic E-state index is 12.6. The third kappa shape index (κ3) is 3.34. The van der Waals surface area contributed by atoms with E-state index in [0.29, 0.717) is 17.1 Å². The molecule has 26 heavy (non-hydrogen) atoms. The summed E-state index contributed by atoms with van der Waals surface area (Å²) in [5, 5.41) is 4.64. The molecule has 2 aromatic heterocycles. The van der Waals surface area contributed by atoms with E-state index in [4.69, 9.17) is 4.74 Å². The standard InChI is InChI=1S/C20H14N4O2/c25-19(18-17-5-2-1-4-14(17)10-13-21-18)24-15-6-8-16(9-7-15)26-20-22-11-3-12-23-20/h1-13H,(H,24,25). The van der Waals surface area contributed by atoms with Gasteiger partial charge in [-0.25, -0.2) is 9.97 Å². The Balaban J connectivity index is 1.51. The van der Waals surface area contributed by atoms with Crippen molar-refractivity contribution in [3.05, 3.63) is 84.9 Å². The number of anilines is 1. The van der Waals surface area contributed by atoms with Crippen LogP contribution >= 0.6 is 0 Å². The molecule has 126 valence electrons. The van der Waals surface area contributed by atoms with Gasteiger partial charge in [-0.15, -0.1) is 0 Å². The first-order chi connectivity index (χ1) is 12.8. The molecule has 0 fully saturated rings. The van der Waals surface area contributed by atoms with Gasteiger partial charge < -0.3 is 10.1 Å². The van der Waals surface area contributed by atoms with Gasteiger partial charge in [-0.2, -0.15) is 0 Å². The van der Waals surface area contributed by atoms with Crippen molar-refractivity contribution in [2.75, 3.05) is 5.32 Å². The van der Waals surface area contributed by atoms with Gasteiger partial charge >= 0.3 is 6.01 Å². The Labute approximate surface area is 149 Å². The van der Waals surface area contributed by atoms with Gasteiger partial charge in [-0.1, -0.05) is 24.3 Å². The molecule has 0 bridgehead atoms. The summed E-state index contributed by atoms with van der Waals surface area (Å²) >= 11 is 0. The van der Waals surface area contributed by atoms with Crippen LogP contribution in [0.2, 0.25) is 0 Å². The molecule has 0 spiro atoms. The Hall–Kier alpha value is -3.80. The highest BCUT2D eigenvalue weighted by molar-refractivity contribution is 6.11. The van der Waals surface area contributed by atoms with Crippen LogP contribution < -0.4 is 10.1 Å². The lowest BCUT2D eigenvalue weighted by Gasteiger charge is -2.08. The molecule has 0 aliphatic carbocycles. The Bertz CT molecular complexity index is 1040. The van der Waals surface area contributed by atoms with Crippen LogP contribution in [0.25, 0.3) is 10.8 Å². The van der Waals surface area contributed by atoms with Crippen molar-refractivity contribution >= 4 is 22.4 Å². The number of nitrogens with one attached hydrogen (secondary N) is 1. The molecular weight excluding hydrogens is 328 g/mol. The van der Waals surface area contributed by atoms with Crippen LogP contribution in [0.5, 0.6) is 11.8 Å². The molecule has 1 N–H and O–H groups in total. The number of pyridine rings is 1. The molecule has 1 amide bonds. The predicted octanol–water partition coefficient (Wildman–Crippen LogP) is 4.07. The minimum atomic E-state index is -0.262. The first-order valence-electron chi connectivity index (χ1n) is 8.00. The minimum Gasteiger partial charge on any atom is -0.424 e. The second kappa shape index (κ2) is 6.98. The molecule has 6 nitrogen and oxygen atoms in total. The summed E-state index contributed by atoms with van der Waals surface area (Å²) in [5.74, 6) is 0.319. The molecule has 4 rings (SSSR count). The zero-order valence-electron chi connectivity index (χ0n) is 13.7. The van der Waals surface area contributed by atoms with Gasteiger partial charge in [0.15, 0.2) is 0 Å². The molecule has 6 heteroatoms. The summed E-state index contributed by atoms with van der Waals surface area (Å²) in [6.07, 6.45) is 4.84. The average Bonchev–Trinajstić information content (AvgIpc) is 2.70. The van der Waals surface area contributed by atoms with Gasteiger partial charge in [0, 0.05) is 29.7 Å². The SMILES string of the molecule is O=C(Nc1ccc(Oc2ncccn2)cc1)c1nccc2ccccc12. The van der Waals surface area contributed by atoms with Crippen molar-refractivity contribution in [1.82, 2.24) is 15.0 Å². The Morgan fingerprint density at radius 2 is 1.58 bits per heavy atom. The van der Waals surface area contributed by atoms with E-state index in [1.54, 1.807) is 48.9 Å². The number of hydrogen-bond donors (Lipinski definition) is 1. The highest BCUT2D eigenvalue weighted by Crippen LogP contribution is 2.21. The van der Waals surface area contributed by atoms with Crippen molar-refractivity contribution in [3.8, 4) is 11.8 Å². The highest BCUT2D eigenvalue weighted by atomic mass is 16.5. The number of carbonyl (C=O) groups is 1. The Kier molecular flexibility index (Phi) is 4.22. The number of ether oxygens (including phenoxy) is 1. The van der Waals surface area contributed by atoms with Gasteiger partial charge in [-0.05, 0) is 41.8 Å². The number of amides is 1. The first-order valence-corrected chi connectivity index (χ1v) is 8.00. The van der Waals surface area contributed by atoms with Crippen LogP contribution in [-0.2, 0) is 0 Å². The number of nitrogens with zero attached hydrogens (tertiary/aromatic N) is 3. The van der Waals surface area contributed by atoms with Crippen LogP contribution in [-0.4, -0.2) is 20.9 Å². The maximum absolute atomic E-state index is 12.6. The summed E-state index contributed by atoms with van der Waals surface area (Å²) in [5.41, 5.74) is 1.03. The second-order valence-electron chi connectivity index (χ2n) is 5.49. The molecule has 2 aromatic carbocycles. The number of fused-ring (bicyclic) bond motifs is 1. The van der Waals surface area contributed by atoms with Crippen molar-refractivity contribution in [1.29, 1.82) is 0 Å². The summed E-state index contributed by atoms with van der Waals surface area (Å²) in [6.45, 7) is 0. The average molecular weight is 342 g/mol. The van der Waals surface area contributed by atoms with Crippen LogP contribution in [0.4, 0.5) is 5.69 Å². The lowest BCUT2D eigenvalue weighted by molar-refractivity contribution is 0.102. The van der Waals surface area contributed by atoms with Gasteiger partial charge in [0.2, 0.25) is 0 Å². The Morgan fingerprint density at radius 3 is 2.38 bits per heavy atom. The van der Waals surface area contributed by atoms with Crippen molar-refractivity contribution in [2.24, 2.45) is 0 Å². The number of carbonyl (C=O) groups excluding carboxylic acids is 1. The third-order valence-electron chi connectivity index (χ3n) is 3.75. The zero-order valence-corrected chi connectivity index (χ0v) is 13.7. The van der Waals surface area contributed by atoms with E-state index in [0.717, 1.165) is 10.8 Å². The molecule has 0 aliphatic rings. The number of rotatable bonds is 4. The minimum absolute atomic E-state index is 0.262. The van der Waals surface area contributed by atoms with Crippen molar-refractivity contribution < 1.29 is 9.53 Å². The molecule has 0 saturated heterocycles. The van der Waals surface area contributed by atoms with Crippen molar-refractivity contribution in [2.45, 2.75) is 0 Å². The van der Waals surface area contributed by atoms with E-state index in [1.807, 2.05) is 30.3 Å². The fourth-order valence-electron chi connectivity index (χ4n) is 2.54. The smallest absolute Gasteiger partial charge is 0.321 e. The zero-order chi connectivity index (χ0) is 17.8. The lowest BCUT2D eigenvalue weighted by Crippen LogP contribution is -2.14. The summed E-state index contributed by atoms with van der Waals surface area (Å²) in [6, 6.07) is 18.5. The van der Waals surface area contributed by atoms with Crippen LogP contribution in [0.3, 0.4) is 0 Å². The molecule has 0 radical (unpaired) electrons. The van der Waals surface area contributed by atoms with Gasteiger partial charge in [0.05, 0.1) is 0 Å². The molecule has 0 aliphatic heterocycles. The molecule has 4 aromatic rings. The quantitative estimate of drug-likeness (QED) is 0.605. The van der Waals surface area contributed by atoms with Crippen LogP contribution in [0.1, 0.15) is 10.5 Å². The molecule has 0 atom stereocenters. The summed E-state index contributed by atoms with van der Waals surface area (Å²) in [4.78, 5) is 24.8. The van der Waals surface area contributed by atoms with Gasteiger partial charge in [0.25, 0.3) is 5.91 Å². The third-order valence-corrected chi connectivity index (χ3v) is 3.75. The number of hydrogen-bond acceptors (Lipinski definition) is 5. The van der Waals surface area contributed by atoms with Gasteiger partial charge in [0.1, 0.15) is 11.4 Å². The summed E-state index contributed by atoms with van der Waals surface area (Å²) < 4.78 is 5.53. The number of aromatic nitrogens is 3. The second-order valence-corrected chi connectivity index (χ2v) is 5.49. The largest absolute Gasteiger partial charge is 0.424 e. The fraction of sp³-hybridized carbons (Fsp3) is 0. The van der Waals surface area contributed by atoms with E-state index in [-0.39, 0.29) is 11.9 Å². The van der Waals surface area contributed by atoms with Crippen LogP contribution in [0.15, 0.2) is 79.3 Å². The van der Waals surface area contributed by atoms with E-state index >= 15 is 0 Å². The normalized spacial score (nSPS) is 10.5. The Morgan fingerprint density at radius 1 is 0.808 bits per heavy atom. The van der Waals surface area contributed by atoms with E-state index in [1.165, 1.54) is 0 Å². The monoisotopic (exact) mass is 342 g/mol. The highest BCUT2D eigenvalue weighted by Gasteiger charge is 2.11. The number of benzene rings is 2. The summed E-state index contributed by atoms with van der Waals surface area (Å²) in [7, 11) is 0. The van der Waals surface area contributed by atoms with Crippen LogP contribution in [0, 0.1) is 0 Å². The van der Waals surface area contributed by atoms with Gasteiger partial charge in [-0.3, -0.25) is 9.78 Å². The van der Waals surface area contributed by atoms with E-state index < -0.39 is 0 Å². The predicted molar refractivity (Wildman–Crippen MR) is 98.2 cm³/mol. The molecule has 0 saturated carbocycles. The molecule has 2 heterocycles. The molecular formula is C20H14N4O2. The molecule has 0 unspecified atom stereocenters. The topological polar surface area (TPSA) is 77.0 Å². The first kappa shape index (κ1) is 15.7. The van der Waals surface area contributed by atoms with Crippen molar-refractivity contribution in [3.63, 3.8) is 0 Å². The van der Waals surface area contributed by atoms with E-state index in [9.17, 15) is 4.79 Å². The fourth-order valence-corrected chi connectivity index (χ4v) is 2.54. The van der Waals surface area contributed by atoms with E-state index in [2.05, 4.69) is 20.3 Å². The lowest BCUT2D eigenvalue weighted by atomic mass is 10.1.